The highest BCUT2D eigenvalue weighted by Crippen LogP contribution is 2.25. The van der Waals surface area contributed by atoms with E-state index in [2.05, 4.69) is 86.7 Å². The van der Waals surface area contributed by atoms with Crippen LogP contribution in [0.1, 0.15) is 36.6 Å². The van der Waals surface area contributed by atoms with Gasteiger partial charge in [0.05, 0.1) is 6.04 Å². The molecule has 2 rings (SSSR count). The van der Waals surface area contributed by atoms with Crippen molar-refractivity contribution in [3.8, 4) is 0 Å². The lowest BCUT2D eigenvalue weighted by Gasteiger charge is -2.21. The van der Waals surface area contributed by atoms with Crippen molar-refractivity contribution in [3.63, 3.8) is 0 Å². The molecular weight excluding hydrogens is 256 g/mol. The monoisotopic (exact) mass is 282 g/mol. The van der Waals surface area contributed by atoms with Gasteiger partial charge in [-0.3, -0.25) is 0 Å². The third kappa shape index (κ3) is 3.85. The number of hydrogen-bond acceptors (Lipinski definition) is 2. The fourth-order valence-corrected chi connectivity index (χ4v) is 2.56. The van der Waals surface area contributed by atoms with Gasteiger partial charge in [0, 0.05) is 19.8 Å². The first-order valence-electron chi connectivity index (χ1n) is 7.75. The van der Waals surface area contributed by atoms with Crippen molar-refractivity contribution in [1.82, 2.24) is 5.32 Å². The fourth-order valence-electron chi connectivity index (χ4n) is 2.56. The molecule has 0 spiro atoms. The van der Waals surface area contributed by atoms with E-state index in [1.54, 1.807) is 0 Å². The van der Waals surface area contributed by atoms with Crippen molar-refractivity contribution in [2.24, 2.45) is 0 Å². The van der Waals surface area contributed by atoms with Crippen LogP contribution < -0.4 is 10.2 Å². The number of hydrogen-bond donors (Lipinski definition) is 1. The minimum Gasteiger partial charge on any atom is -0.378 e. The number of nitrogens with zero attached hydrogens (tertiary/aromatic N) is 1. The molecule has 0 amide bonds. The second kappa shape index (κ2) is 7.28. The van der Waals surface area contributed by atoms with E-state index < -0.39 is 0 Å². The van der Waals surface area contributed by atoms with Gasteiger partial charge in [-0.2, -0.15) is 0 Å². The third-order valence-corrected chi connectivity index (χ3v) is 3.85. The molecule has 0 aliphatic rings. The van der Waals surface area contributed by atoms with Crippen molar-refractivity contribution in [1.29, 1.82) is 0 Å². The van der Waals surface area contributed by atoms with E-state index in [0.717, 1.165) is 13.0 Å². The Morgan fingerprint density at radius 1 is 0.952 bits per heavy atom. The minimum atomic E-state index is 0.251. The Kier molecular flexibility index (Phi) is 5.40. The van der Waals surface area contributed by atoms with E-state index in [1.807, 2.05) is 0 Å². The van der Waals surface area contributed by atoms with Crippen LogP contribution in [0.15, 0.2) is 48.5 Å². The third-order valence-electron chi connectivity index (χ3n) is 3.85. The molecule has 2 heteroatoms. The summed E-state index contributed by atoms with van der Waals surface area (Å²) in [6, 6.07) is 18.0. The van der Waals surface area contributed by atoms with Gasteiger partial charge in [-0.15, -0.1) is 0 Å². The van der Waals surface area contributed by atoms with Crippen molar-refractivity contribution in [2.45, 2.75) is 26.3 Å². The highest BCUT2D eigenvalue weighted by molar-refractivity contribution is 5.49. The molecule has 0 fully saturated rings. The molecule has 1 N–H and O–H groups in total. The van der Waals surface area contributed by atoms with E-state index in [4.69, 9.17) is 0 Å². The summed E-state index contributed by atoms with van der Waals surface area (Å²) >= 11 is 0. The average Bonchev–Trinajstić information content (AvgIpc) is 2.53. The maximum Gasteiger partial charge on any atom is 0.0577 e. The standard InChI is InChI=1S/C19H26N2/c1-5-15-10-12-16(13-11-15)19(20-6-2)17-8-7-9-18(14-17)21(3)4/h7-14,19-20H,5-6H2,1-4H3. The highest BCUT2D eigenvalue weighted by Gasteiger charge is 2.13. The van der Waals surface area contributed by atoms with Gasteiger partial charge in [-0.1, -0.05) is 50.2 Å². The normalized spacial score (nSPS) is 12.2. The Morgan fingerprint density at radius 3 is 2.24 bits per heavy atom. The number of aryl methyl sites for hydroxylation is 1. The molecule has 2 aromatic rings. The molecule has 0 heterocycles. The Balaban J connectivity index is 2.35. The quantitative estimate of drug-likeness (QED) is 0.861. The fraction of sp³-hybridized carbons (Fsp3) is 0.368. The summed E-state index contributed by atoms with van der Waals surface area (Å²) < 4.78 is 0. The second-order valence-electron chi connectivity index (χ2n) is 5.58. The molecule has 0 aliphatic carbocycles. The number of benzene rings is 2. The van der Waals surface area contributed by atoms with Gasteiger partial charge < -0.3 is 10.2 Å². The largest absolute Gasteiger partial charge is 0.378 e. The lowest BCUT2D eigenvalue weighted by molar-refractivity contribution is 0.630. The predicted octanol–water partition coefficient (Wildman–Crippen LogP) is 4.01. The van der Waals surface area contributed by atoms with Crippen LogP contribution in [-0.2, 0) is 6.42 Å². The molecular formula is C19H26N2. The van der Waals surface area contributed by atoms with E-state index in [9.17, 15) is 0 Å². The van der Waals surface area contributed by atoms with Crippen LogP contribution in [0.5, 0.6) is 0 Å². The number of rotatable bonds is 6. The summed E-state index contributed by atoms with van der Waals surface area (Å²) in [4.78, 5) is 2.15. The average molecular weight is 282 g/mol. The van der Waals surface area contributed by atoms with Gasteiger partial charge in [0.25, 0.3) is 0 Å². The molecule has 0 saturated heterocycles. The van der Waals surface area contributed by atoms with Crippen LogP contribution in [-0.4, -0.2) is 20.6 Å². The molecule has 0 bridgehead atoms. The molecule has 2 aromatic carbocycles. The maximum absolute atomic E-state index is 3.60. The highest BCUT2D eigenvalue weighted by atomic mass is 15.1. The van der Waals surface area contributed by atoms with Crippen LogP contribution >= 0.6 is 0 Å². The summed E-state index contributed by atoms with van der Waals surface area (Å²) in [5.74, 6) is 0. The maximum atomic E-state index is 3.60. The van der Waals surface area contributed by atoms with Crippen LogP contribution in [0.4, 0.5) is 5.69 Å². The molecule has 0 radical (unpaired) electrons. The van der Waals surface area contributed by atoms with Crippen molar-refractivity contribution >= 4 is 5.69 Å². The van der Waals surface area contributed by atoms with E-state index >= 15 is 0 Å². The SMILES string of the molecule is CCNC(c1ccc(CC)cc1)c1cccc(N(C)C)c1. The Labute approximate surface area is 128 Å². The molecule has 0 aromatic heterocycles. The number of nitrogens with one attached hydrogen (secondary N) is 1. The molecule has 2 nitrogen and oxygen atoms in total. The lowest BCUT2D eigenvalue weighted by atomic mass is 9.96. The van der Waals surface area contributed by atoms with Gasteiger partial charge in [-0.05, 0) is 41.8 Å². The Morgan fingerprint density at radius 2 is 1.67 bits per heavy atom. The van der Waals surface area contributed by atoms with Crippen LogP contribution in [0.25, 0.3) is 0 Å². The number of anilines is 1. The molecule has 112 valence electrons. The van der Waals surface area contributed by atoms with Crippen molar-refractivity contribution < 1.29 is 0 Å². The molecule has 1 atom stereocenters. The first-order valence-corrected chi connectivity index (χ1v) is 7.75. The summed E-state index contributed by atoms with van der Waals surface area (Å²) in [6.07, 6.45) is 1.09. The summed E-state index contributed by atoms with van der Waals surface area (Å²) in [7, 11) is 4.16. The summed E-state index contributed by atoms with van der Waals surface area (Å²) in [5, 5.41) is 3.60. The first kappa shape index (κ1) is 15.6. The van der Waals surface area contributed by atoms with E-state index in [-0.39, 0.29) is 6.04 Å². The Bertz CT molecular complexity index is 558. The first-order chi connectivity index (χ1) is 10.2. The van der Waals surface area contributed by atoms with Gasteiger partial charge in [0.15, 0.2) is 0 Å². The zero-order valence-corrected chi connectivity index (χ0v) is 13.6. The summed E-state index contributed by atoms with van der Waals surface area (Å²) in [5.41, 5.74) is 5.26. The molecule has 1 unspecified atom stereocenters. The predicted molar refractivity (Wildman–Crippen MR) is 92.1 cm³/mol. The van der Waals surface area contributed by atoms with Crippen molar-refractivity contribution in [3.05, 3.63) is 65.2 Å². The second-order valence-corrected chi connectivity index (χ2v) is 5.58. The van der Waals surface area contributed by atoms with Gasteiger partial charge in [0.2, 0.25) is 0 Å². The Hall–Kier alpha value is -1.80. The van der Waals surface area contributed by atoms with E-state index in [0.29, 0.717) is 0 Å². The zero-order chi connectivity index (χ0) is 15.2. The smallest absolute Gasteiger partial charge is 0.0577 e. The summed E-state index contributed by atoms with van der Waals surface area (Å²) in [6.45, 7) is 5.30. The van der Waals surface area contributed by atoms with E-state index in [1.165, 1.54) is 22.4 Å². The molecule has 0 saturated carbocycles. The van der Waals surface area contributed by atoms with Gasteiger partial charge >= 0.3 is 0 Å². The van der Waals surface area contributed by atoms with Crippen molar-refractivity contribution in [2.75, 3.05) is 25.5 Å². The van der Waals surface area contributed by atoms with Crippen LogP contribution in [0, 0.1) is 0 Å². The lowest BCUT2D eigenvalue weighted by Crippen LogP contribution is -2.22. The van der Waals surface area contributed by atoms with Crippen LogP contribution in [0.2, 0.25) is 0 Å². The topological polar surface area (TPSA) is 15.3 Å². The molecule has 0 aliphatic heterocycles. The zero-order valence-electron chi connectivity index (χ0n) is 13.6. The minimum absolute atomic E-state index is 0.251. The van der Waals surface area contributed by atoms with Gasteiger partial charge in [-0.25, -0.2) is 0 Å². The van der Waals surface area contributed by atoms with Crippen LogP contribution in [0.3, 0.4) is 0 Å². The van der Waals surface area contributed by atoms with Gasteiger partial charge in [0.1, 0.15) is 0 Å². The molecule has 21 heavy (non-hydrogen) atoms.